The Bertz CT molecular complexity index is 1530. The number of benzene rings is 2. The highest BCUT2D eigenvalue weighted by Crippen LogP contribution is 2.23. The molecule has 0 radical (unpaired) electrons. The average Bonchev–Trinajstić information content (AvgIpc) is 3.14. The summed E-state index contributed by atoms with van der Waals surface area (Å²) in [5, 5.41) is 3.01. The quantitative estimate of drug-likeness (QED) is 0.335. The Morgan fingerprint density at radius 3 is 2.28 bits per heavy atom. The number of rotatable bonds is 9. The Morgan fingerprint density at radius 2 is 1.69 bits per heavy atom. The van der Waals surface area contributed by atoms with E-state index in [1.54, 1.807) is 62.4 Å². The fourth-order valence-electron chi connectivity index (χ4n) is 3.91. The monoisotopic (exact) mass is 525 g/mol. The molecule has 9 nitrogen and oxygen atoms in total. The van der Waals surface area contributed by atoms with E-state index in [9.17, 15) is 22.0 Å². The summed E-state index contributed by atoms with van der Waals surface area (Å²) in [6, 6.07) is 18.8. The van der Waals surface area contributed by atoms with Crippen LogP contribution in [0, 0.1) is 6.92 Å². The van der Waals surface area contributed by atoms with Gasteiger partial charge in [-0.3, -0.25) is 18.4 Å². The first-order valence-corrected chi connectivity index (χ1v) is 13.9. The first-order valence-electron chi connectivity index (χ1n) is 11.2. The summed E-state index contributed by atoms with van der Waals surface area (Å²) in [6.07, 6.45) is 1.60. The second-order valence-corrected chi connectivity index (χ2v) is 10.9. The van der Waals surface area contributed by atoms with Crippen molar-refractivity contribution in [3.63, 3.8) is 0 Å². The molecule has 4 rings (SSSR count). The third kappa shape index (κ3) is 5.32. The van der Waals surface area contributed by atoms with Crippen LogP contribution in [-0.4, -0.2) is 38.5 Å². The summed E-state index contributed by atoms with van der Waals surface area (Å²) in [4.78, 5) is 17.4. The lowest BCUT2D eigenvalue weighted by Gasteiger charge is -2.22. The minimum atomic E-state index is -3.83. The molecule has 1 N–H and O–H groups in total. The van der Waals surface area contributed by atoms with E-state index in [0.717, 1.165) is 5.56 Å². The van der Waals surface area contributed by atoms with Crippen molar-refractivity contribution in [2.45, 2.75) is 30.9 Å². The van der Waals surface area contributed by atoms with Crippen LogP contribution in [0.15, 0.2) is 82.6 Å². The van der Waals surface area contributed by atoms with E-state index in [1.807, 2.05) is 6.07 Å². The van der Waals surface area contributed by atoms with Crippen LogP contribution in [0.25, 0.3) is 5.82 Å². The van der Waals surface area contributed by atoms with Gasteiger partial charge in [0.25, 0.3) is 15.6 Å². The number of para-hydroxylation sites is 1. The topological polar surface area (TPSA) is 128 Å². The molecule has 2 aromatic carbocycles. The van der Waals surface area contributed by atoms with Gasteiger partial charge in [0.05, 0.1) is 5.69 Å². The number of anilines is 1. The van der Waals surface area contributed by atoms with Crippen molar-refractivity contribution in [1.82, 2.24) is 14.8 Å². The molecular weight excluding hydrogens is 500 g/mol. The van der Waals surface area contributed by atoms with Crippen LogP contribution in [0.1, 0.15) is 29.3 Å². The van der Waals surface area contributed by atoms with Crippen molar-refractivity contribution >= 4 is 26.8 Å². The van der Waals surface area contributed by atoms with Gasteiger partial charge in [-0.15, -0.1) is 0 Å². The zero-order chi connectivity index (χ0) is 25.9. The van der Waals surface area contributed by atoms with Gasteiger partial charge >= 0.3 is 0 Å². The number of aromatic amines is 1. The number of H-pyrrole nitrogens is 1. The first kappa shape index (κ1) is 25.5. The van der Waals surface area contributed by atoms with E-state index in [0.29, 0.717) is 28.9 Å². The van der Waals surface area contributed by atoms with E-state index < -0.39 is 21.1 Å². The van der Waals surface area contributed by atoms with Gasteiger partial charge in [0.1, 0.15) is 4.90 Å². The van der Waals surface area contributed by atoms with Crippen molar-refractivity contribution in [3.05, 3.63) is 106 Å². The zero-order valence-electron chi connectivity index (χ0n) is 19.7. The Morgan fingerprint density at radius 1 is 1.03 bits per heavy atom. The van der Waals surface area contributed by atoms with E-state index >= 15 is 0 Å². The maximum atomic E-state index is 13.2. The molecule has 188 valence electrons. The molecular formula is C25H25N4O5S2-. The van der Waals surface area contributed by atoms with Crippen molar-refractivity contribution < 1.29 is 17.2 Å². The van der Waals surface area contributed by atoms with Gasteiger partial charge < -0.3 is 4.55 Å². The lowest BCUT2D eigenvalue weighted by molar-refractivity contribution is 0.536. The summed E-state index contributed by atoms with van der Waals surface area (Å²) in [7, 11) is -3.83. The molecule has 11 heteroatoms. The molecule has 4 aromatic rings. The Kier molecular flexibility index (Phi) is 7.53. The Balaban J connectivity index is 1.58. The molecule has 1 unspecified atom stereocenters. The van der Waals surface area contributed by atoms with Crippen molar-refractivity contribution in [2.75, 3.05) is 10.8 Å². The van der Waals surface area contributed by atoms with E-state index in [4.69, 9.17) is 0 Å². The van der Waals surface area contributed by atoms with Gasteiger partial charge in [0.15, 0.2) is 5.82 Å². The van der Waals surface area contributed by atoms with Crippen LogP contribution < -0.4 is 9.86 Å². The Labute approximate surface area is 211 Å². The number of nitrogens with one attached hydrogen (secondary N) is 1. The number of aromatic nitrogens is 3. The van der Waals surface area contributed by atoms with Crippen LogP contribution in [0.4, 0.5) is 5.69 Å². The van der Waals surface area contributed by atoms with Crippen LogP contribution in [0.2, 0.25) is 0 Å². The molecule has 0 bridgehead atoms. The van der Waals surface area contributed by atoms with Crippen LogP contribution in [-0.2, 0) is 33.3 Å². The molecule has 0 saturated heterocycles. The molecule has 36 heavy (non-hydrogen) atoms. The SMILES string of the molecule is CCN(c1ccccc1)S(=O)(=O)c1ccc(-n2[nH]c(C)c(Cc3ccc(CS(=O)[O-])cc3)c2=O)nc1. The molecule has 0 aliphatic carbocycles. The van der Waals surface area contributed by atoms with Gasteiger partial charge in [0, 0.05) is 36.2 Å². The van der Waals surface area contributed by atoms with Gasteiger partial charge in [-0.2, -0.15) is 0 Å². The second kappa shape index (κ2) is 10.6. The van der Waals surface area contributed by atoms with Crippen LogP contribution in [0.3, 0.4) is 0 Å². The fourth-order valence-corrected chi connectivity index (χ4v) is 5.80. The summed E-state index contributed by atoms with van der Waals surface area (Å²) in [6.45, 7) is 3.79. The summed E-state index contributed by atoms with van der Waals surface area (Å²) in [5.74, 6) is 0.207. The zero-order valence-corrected chi connectivity index (χ0v) is 21.4. The highest BCUT2D eigenvalue weighted by molar-refractivity contribution is 7.92. The minimum absolute atomic E-state index is 0.0209. The van der Waals surface area contributed by atoms with Gasteiger partial charge in [-0.1, -0.05) is 53.5 Å². The van der Waals surface area contributed by atoms with Gasteiger partial charge in [-0.25, -0.2) is 18.1 Å². The molecule has 0 fully saturated rings. The predicted molar refractivity (Wildman–Crippen MR) is 137 cm³/mol. The highest BCUT2D eigenvalue weighted by Gasteiger charge is 2.24. The van der Waals surface area contributed by atoms with E-state index in [1.165, 1.54) is 27.3 Å². The van der Waals surface area contributed by atoms with Crippen molar-refractivity contribution in [1.29, 1.82) is 0 Å². The minimum Gasteiger partial charge on any atom is -0.772 e. The smallest absolute Gasteiger partial charge is 0.276 e. The standard InChI is InChI=1S/C25H26N4O5S2/c1-3-28(21-7-5-4-6-8-21)36(33,34)22-13-14-24(26-16-22)29-25(30)23(18(2)27-29)15-19-9-11-20(12-10-19)17-35(31)32/h4-14,16,27H,3,15,17H2,1-2H3,(H,31,32)/p-1. The maximum Gasteiger partial charge on any atom is 0.276 e. The lowest BCUT2D eigenvalue weighted by Crippen LogP contribution is -2.30. The van der Waals surface area contributed by atoms with Crippen LogP contribution >= 0.6 is 0 Å². The first-order chi connectivity index (χ1) is 17.2. The molecule has 2 heterocycles. The molecule has 0 spiro atoms. The second-order valence-electron chi connectivity index (χ2n) is 8.15. The molecule has 0 aliphatic rings. The molecule has 2 aromatic heterocycles. The Hall–Kier alpha value is -3.54. The predicted octanol–water partition coefficient (Wildman–Crippen LogP) is 3.05. The maximum absolute atomic E-state index is 13.2. The lowest BCUT2D eigenvalue weighted by atomic mass is 10.0. The van der Waals surface area contributed by atoms with Crippen molar-refractivity contribution in [2.24, 2.45) is 0 Å². The number of hydrogen-bond acceptors (Lipinski definition) is 6. The van der Waals surface area contributed by atoms with Gasteiger partial charge in [0.2, 0.25) is 0 Å². The summed E-state index contributed by atoms with van der Waals surface area (Å²) >= 11 is -2.16. The third-order valence-corrected chi connectivity index (χ3v) is 8.21. The summed E-state index contributed by atoms with van der Waals surface area (Å²) < 4.78 is 50.7. The fraction of sp³-hybridized carbons (Fsp3) is 0.200. The average molecular weight is 526 g/mol. The number of aryl methyl sites for hydroxylation is 1. The van der Waals surface area contributed by atoms with Crippen LogP contribution in [0.5, 0.6) is 0 Å². The number of pyridine rings is 1. The molecule has 0 saturated carbocycles. The summed E-state index contributed by atoms with van der Waals surface area (Å²) in [5.41, 5.74) is 2.98. The van der Waals surface area contributed by atoms with E-state index in [-0.39, 0.29) is 28.6 Å². The van der Waals surface area contributed by atoms with E-state index in [2.05, 4.69) is 10.1 Å². The molecule has 1 atom stereocenters. The highest BCUT2D eigenvalue weighted by atomic mass is 32.2. The molecule has 0 aliphatic heterocycles. The largest absolute Gasteiger partial charge is 0.772 e. The number of hydrogen-bond donors (Lipinski definition) is 1. The number of sulfonamides is 1. The molecule has 0 amide bonds. The van der Waals surface area contributed by atoms with Gasteiger partial charge in [-0.05, 0) is 49.2 Å². The normalized spacial score (nSPS) is 12.4. The number of nitrogens with zero attached hydrogens (tertiary/aromatic N) is 3. The third-order valence-electron chi connectivity index (χ3n) is 5.75. The van der Waals surface area contributed by atoms with Crippen molar-refractivity contribution in [3.8, 4) is 5.82 Å².